The topological polar surface area (TPSA) is 53.1 Å². The Kier molecular flexibility index (Phi) is 4.65. The van der Waals surface area contributed by atoms with E-state index in [2.05, 4.69) is 26.1 Å². The summed E-state index contributed by atoms with van der Waals surface area (Å²) >= 11 is 9.74. The molecule has 2 aromatic heterocycles. The molecule has 8 heteroatoms. The van der Waals surface area contributed by atoms with Crippen molar-refractivity contribution in [1.29, 1.82) is 0 Å². The Morgan fingerprint density at radius 2 is 2.04 bits per heavy atom. The smallest absolute Gasteiger partial charge is 0.275 e. The van der Waals surface area contributed by atoms with Crippen LogP contribution in [0, 0.1) is 5.82 Å². The maximum absolute atomic E-state index is 14.2. The van der Waals surface area contributed by atoms with E-state index in [0.29, 0.717) is 16.5 Å². The summed E-state index contributed by atoms with van der Waals surface area (Å²) in [7, 11) is 0. The van der Waals surface area contributed by atoms with E-state index in [0.717, 1.165) is 15.4 Å². The molecular weight excluding hydrogens is 437 g/mol. The summed E-state index contributed by atoms with van der Waals surface area (Å²) in [6, 6.07) is 10.3. The molecule has 0 aliphatic rings. The minimum absolute atomic E-state index is 0.118. The Morgan fingerprint density at radius 3 is 2.78 bits per heavy atom. The highest BCUT2D eigenvalue weighted by molar-refractivity contribution is 9.10. The zero-order valence-corrected chi connectivity index (χ0v) is 16.8. The summed E-state index contributed by atoms with van der Waals surface area (Å²) in [4.78, 5) is 4.38. The van der Waals surface area contributed by atoms with Crippen molar-refractivity contribution in [2.24, 2.45) is 0 Å². The second kappa shape index (κ2) is 6.98. The van der Waals surface area contributed by atoms with Crippen LogP contribution >= 0.6 is 27.5 Å². The molecule has 4 rings (SSSR count). The number of benzene rings is 2. The number of aromatic nitrogens is 3. The van der Waals surface area contributed by atoms with Gasteiger partial charge < -0.3 is 9.26 Å². The van der Waals surface area contributed by atoms with Gasteiger partial charge in [0, 0.05) is 21.6 Å². The van der Waals surface area contributed by atoms with Gasteiger partial charge in [-0.05, 0) is 55.4 Å². The van der Waals surface area contributed by atoms with Gasteiger partial charge in [0.05, 0.1) is 16.6 Å². The molecule has 0 aliphatic heterocycles. The first-order valence-electron chi connectivity index (χ1n) is 8.19. The molecule has 0 bridgehead atoms. The summed E-state index contributed by atoms with van der Waals surface area (Å²) in [6.45, 7) is 3.67. The van der Waals surface area contributed by atoms with Crippen LogP contribution in [0.4, 0.5) is 4.39 Å². The van der Waals surface area contributed by atoms with E-state index < -0.39 is 5.82 Å². The first kappa shape index (κ1) is 18.0. The Morgan fingerprint density at radius 1 is 1.22 bits per heavy atom. The molecule has 0 N–H and O–H groups in total. The molecule has 0 fully saturated rings. The SMILES string of the molecule is CC(C)Oc1ccc(-c2nc(-n3cc(Cl)c4cc(Br)ccc43)no2)cc1F. The van der Waals surface area contributed by atoms with E-state index >= 15 is 0 Å². The van der Waals surface area contributed by atoms with Gasteiger partial charge in [0.25, 0.3) is 11.8 Å². The predicted molar refractivity (Wildman–Crippen MR) is 105 cm³/mol. The summed E-state index contributed by atoms with van der Waals surface area (Å²) in [5, 5.41) is 5.43. The van der Waals surface area contributed by atoms with Crippen molar-refractivity contribution in [3.8, 4) is 23.2 Å². The second-order valence-electron chi connectivity index (χ2n) is 6.22. The summed E-state index contributed by atoms with van der Waals surface area (Å²) in [6.07, 6.45) is 1.60. The zero-order chi connectivity index (χ0) is 19.1. The van der Waals surface area contributed by atoms with Crippen molar-refractivity contribution in [2.75, 3.05) is 0 Å². The molecule has 0 amide bonds. The largest absolute Gasteiger partial charge is 0.488 e. The molecule has 0 saturated carbocycles. The highest BCUT2D eigenvalue weighted by atomic mass is 79.9. The van der Waals surface area contributed by atoms with Crippen LogP contribution in [-0.4, -0.2) is 20.8 Å². The zero-order valence-electron chi connectivity index (χ0n) is 14.4. The molecule has 0 aliphatic carbocycles. The Balaban J connectivity index is 1.71. The van der Waals surface area contributed by atoms with Crippen LogP contribution in [0.25, 0.3) is 28.3 Å². The molecule has 4 aromatic rings. The quantitative estimate of drug-likeness (QED) is 0.381. The Bertz CT molecular complexity index is 1140. The van der Waals surface area contributed by atoms with Crippen LogP contribution in [0.1, 0.15) is 13.8 Å². The lowest BCUT2D eigenvalue weighted by Crippen LogP contribution is -2.06. The highest BCUT2D eigenvalue weighted by Crippen LogP contribution is 2.31. The van der Waals surface area contributed by atoms with Gasteiger partial charge in [-0.15, -0.1) is 0 Å². The van der Waals surface area contributed by atoms with E-state index in [1.165, 1.54) is 6.07 Å². The van der Waals surface area contributed by atoms with Gasteiger partial charge in [0.1, 0.15) is 0 Å². The lowest BCUT2D eigenvalue weighted by molar-refractivity contribution is 0.231. The van der Waals surface area contributed by atoms with Gasteiger partial charge in [-0.3, -0.25) is 4.57 Å². The predicted octanol–water partition coefficient (Wildman–Crippen LogP) is 6.02. The number of hydrogen-bond donors (Lipinski definition) is 0. The fourth-order valence-corrected chi connectivity index (χ4v) is 3.35. The number of ether oxygens (including phenoxy) is 1. The molecule has 2 heterocycles. The molecule has 138 valence electrons. The summed E-state index contributed by atoms with van der Waals surface area (Å²) in [5.41, 5.74) is 1.30. The molecule has 2 aromatic carbocycles. The van der Waals surface area contributed by atoms with Crippen molar-refractivity contribution in [2.45, 2.75) is 20.0 Å². The minimum atomic E-state index is -0.486. The molecule has 0 atom stereocenters. The van der Waals surface area contributed by atoms with Crippen molar-refractivity contribution in [3.05, 3.63) is 57.9 Å². The van der Waals surface area contributed by atoms with E-state index in [4.69, 9.17) is 20.9 Å². The van der Waals surface area contributed by atoms with Gasteiger partial charge in [-0.25, -0.2) is 4.39 Å². The van der Waals surface area contributed by atoms with Crippen molar-refractivity contribution < 1.29 is 13.7 Å². The Labute approximate surface area is 167 Å². The van der Waals surface area contributed by atoms with Gasteiger partial charge in [0.2, 0.25) is 0 Å². The van der Waals surface area contributed by atoms with Crippen molar-refractivity contribution in [1.82, 2.24) is 14.7 Å². The number of fused-ring (bicyclic) bond motifs is 1. The fraction of sp³-hybridized carbons (Fsp3) is 0.158. The van der Waals surface area contributed by atoms with Crippen molar-refractivity contribution >= 4 is 38.4 Å². The lowest BCUT2D eigenvalue weighted by atomic mass is 10.2. The Hall–Kier alpha value is -2.38. The first-order chi connectivity index (χ1) is 12.9. The van der Waals surface area contributed by atoms with Crippen LogP contribution in [0.5, 0.6) is 5.75 Å². The number of nitrogens with zero attached hydrogens (tertiary/aromatic N) is 3. The monoisotopic (exact) mass is 449 g/mol. The fourth-order valence-electron chi connectivity index (χ4n) is 2.74. The maximum atomic E-state index is 14.2. The van der Waals surface area contributed by atoms with Crippen LogP contribution in [0.2, 0.25) is 5.02 Å². The van der Waals surface area contributed by atoms with E-state index in [-0.39, 0.29) is 17.7 Å². The minimum Gasteiger partial charge on any atom is -0.488 e. The van der Waals surface area contributed by atoms with Crippen LogP contribution < -0.4 is 4.74 Å². The third-order valence-electron chi connectivity index (χ3n) is 3.89. The number of hydrogen-bond acceptors (Lipinski definition) is 4. The van der Waals surface area contributed by atoms with Gasteiger partial charge in [-0.1, -0.05) is 27.5 Å². The van der Waals surface area contributed by atoms with E-state index in [9.17, 15) is 4.39 Å². The highest BCUT2D eigenvalue weighted by Gasteiger charge is 2.16. The third kappa shape index (κ3) is 3.44. The number of halogens is 3. The molecule has 27 heavy (non-hydrogen) atoms. The third-order valence-corrected chi connectivity index (χ3v) is 4.68. The average molecular weight is 451 g/mol. The van der Waals surface area contributed by atoms with Crippen molar-refractivity contribution in [3.63, 3.8) is 0 Å². The summed E-state index contributed by atoms with van der Waals surface area (Å²) in [5.74, 6) is 0.213. The van der Waals surface area contributed by atoms with Crippen LogP contribution in [0.15, 0.2) is 51.6 Å². The van der Waals surface area contributed by atoms with E-state index in [1.54, 1.807) is 22.9 Å². The molecular formula is C19H14BrClFN3O2. The maximum Gasteiger partial charge on any atom is 0.275 e. The van der Waals surface area contributed by atoms with Gasteiger partial charge in [-0.2, -0.15) is 4.98 Å². The molecule has 0 unspecified atom stereocenters. The molecule has 0 spiro atoms. The molecule has 0 radical (unpaired) electrons. The second-order valence-corrected chi connectivity index (χ2v) is 7.54. The average Bonchev–Trinajstić information content (AvgIpc) is 3.22. The normalized spacial score (nSPS) is 11.5. The van der Waals surface area contributed by atoms with E-state index in [1.807, 2.05) is 32.0 Å². The first-order valence-corrected chi connectivity index (χ1v) is 9.36. The molecule has 0 saturated heterocycles. The summed E-state index contributed by atoms with van der Waals surface area (Å²) < 4.78 is 27.6. The van der Waals surface area contributed by atoms with Gasteiger partial charge >= 0.3 is 0 Å². The molecule has 5 nitrogen and oxygen atoms in total. The van der Waals surface area contributed by atoms with Crippen LogP contribution in [-0.2, 0) is 0 Å². The van der Waals surface area contributed by atoms with Crippen LogP contribution in [0.3, 0.4) is 0 Å². The van der Waals surface area contributed by atoms with Gasteiger partial charge in [0.15, 0.2) is 11.6 Å². The standard InChI is InChI=1S/C19H14BrClFN3O2/c1-10(2)26-17-6-3-11(7-15(17)22)18-23-19(24-27-18)25-9-14(21)13-8-12(20)4-5-16(13)25/h3-10H,1-2H3. The number of rotatable bonds is 4. The lowest BCUT2D eigenvalue weighted by Gasteiger charge is -2.10.